The summed E-state index contributed by atoms with van der Waals surface area (Å²) < 4.78 is 10.5. The zero-order valence-electron chi connectivity index (χ0n) is 30.4. The number of carbonyl (C=O) groups is 4. The summed E-state index contributed by atoms with van der Waals surface area (Å²) in [5, 5.41) is 36.6. The van der Waals surface area contributed by atoms with Crippen molar-refractivity contribution in [1.29, 1.82) is 10.8 Å². The molecule has 0 saturated carbocycles. The Kier molecular flexibility index (Phi) is 15.7. The fourth-order valence-electron chi connectivity index (χ4n) is 4.55. The summed E-state index contributed by atoms with van der Waals surface area (Å²) in [5.74, 6) is -0.607. The van der Waals surface area contributed by atoms with Crippen LogP contribution in [0.2, 0.25) is 0 Å². The number of aryl methyl sites for hydroxylation is 1. The highest BCUT2D eigenvalue weighted by molar-refractivity contribution is 8.26. The van der Waals surface area contributed by atoms with E-state index in [2.05, 4.69) is 31.5 Å². The first kappa shape index (κ1) is 41.6. The van der Waals surface area contributed by atoms with Crippen molar-refractivity contribution in [2.45, 2.75) is 104 Å². The Balaban J connectivity index is 1.32. The highest BCUT2D eigenvalue weighted by atomic mass is 32.2. The number of thioether (sulfide) groups is 1. The molecule has 3 rings (SSSR count). The molecule has 280 valence electrons. The fraction of sp³-hybridized carbons (Fsp3) is 0.444. The third-order valence-electron chi connectivity index (χ3n) is 6.62. The van der Waals surface area contributed by atoms with Gasteiger partial charge in [-0.25, -0.2) is 9.59 Å². The van der Waals surface area contributed by atoms with E-state index < -0.39 is 23.4 Å². The van der Waals surface area contributed by atoms with Gasteiger partial charge in [-0.2, -0.15) is 0 Å². The van der Waals surface area contributed by atoms with E-state index in [0.29, 0.717) is 24.4 Å². The Hall–Kier alpha value is -4.83. The van der Waals surface area contributed by atoms with Gasteiger partial charge in [-0.1, -0.05) is 59.9 Å². The van der Waals surface area contributed by atoms with Gasteiger partial charge in [0.15, 0.2) is 5.17 Å². The molecule has 0 bridgehead atoms. The second-order valence-corrected chi connectivity index (χ2v) is 16.0. The lowest BCUT2D eigenvalue weighted by atomic mass is 10.1. The topological polar surface area (TPSA) is 208 Å². The molecule has 0 aliphatic rings. The number of nitrogens with zero attached hydrogens (tertiary/aromatic N) is 2. The number of nitrogens with one attached hydrogen (secondary N) is 6. The second kappa shape index (κ2) is 19.7. The molecule has 0 spiro atoms. The van der Waals surface area contributed by atoms with Gasteiger partial charge in [-0.05, 0) is 94.8 Å². The van der Waals surface area contributed by atoms with Crippen LogP contribution in [0.4, 0.5) is 14.7 Å². The van der Waals surface area contributed by atoms with Crippen molar-refractivity contribution in [2.75, 3.05) is 5.32 Å². The average molecular weight is 753 g/mol. The molecule has 0 atom stereocenters. The smallest absolute Gasteiger partial charge is 0.407 e. The Bertz CT molecular complexity index is 1730. The summed E-state index contributed by atoms with van der Waals surface area (Å²) in [6.07, 6.45) is 1.61. The van der Waals surface area contributed by atoms with Gasteiger partial charge in [0.05, 0.1) is 17.9 Å². The number of rotatable bonds is 14. The van der Waals surface area contributed by atoms with E-state index in [1.165, 1.54) is 11.3 Å². The maximum Gasteiger partial charge on any atom is 0.407 e. The molecule has 0 aliphatic carbocycles. The van der Waals surface area contributed by atoms with Crippen LogP contribution in [-0.4, -0.2) is 55.6 Å². The maximum absolute atomic E-state index is 12.7. The number of ether oxygens (including phenoxy) is 2. The standard InChI is InChI=1S/C36H48N8O6S2/c1-35(2,3)49-33(47)39-21-25-13-9-11-23(17-25)19-28(45)41-31(38)51-27(37)15-7-8-16-30-43-44-32(52-30)42-29(46)20-24-12-10-14-26(18-24)22-40-34(48)50-36(4,5)6/h9-14,17-18,37H,7-8,15-16,19-22H2,1-6H3,(H,39,47)(H,40,48)(H2,38,41,45)(H,42,44,46). The zero-order valence-corrected chi connectivity index (χ0v) is 32.1. The molecule has 0 radical (unpaired) electrons. The Labute approximate surface area is 312 Å². The van der Waals surface area contributed by atoms with Crippen LogP contribution in [0.5, 0.6) is 0 Å². The van der Waals surface area contributed by atoms with Crippen molar-refractivity contribution in [1.82, 2.24) is 26.1 Å². The number of hydrogen-bond donors (Lipinski definition) is 6. The molecule has 0 aliphatic heterocycles. The number of benzene rings is 2. The number of aromatic nitrogens is 2. The first-order valence-electron chi connectivity index (χ1n) is 16.8. The van der Waals surface area contributed by atoms with Gasteiger partial charge in [-0.15, -0.1) is 10.2 Å². The Morgan fingerprint density at radius 1 is 0.750 bits per heavy atom. The first-order valence-corrected chi connectivity index (χ1v) is 18.4. The largest absolute Gasteiger partial charge is 0.444 e. The maximum atomic E-state index is 12.7. The minimum absolute atomic E-state index is 0.0448. The lowest BCUT2D eigenvalue weighted by molar-refractivity contribution is -0.119. The minimum Gasteiger partial charge on any atom is -0.444 e. The predicted molar refractivity (Wildman–Crippen MR) is 204 cm³/mol. The molecule has 0 fully saturated rings. The van der Waals surface area contributed by atoms with Crippen LogP contribution < -0.4 is 21.3 Å². The Morgan fingerprint density at radius 3 is 1.81 bits per heavy atom. The van der Waals surface area contributed by atoms with Gasteiger partial charge in [-0.3, -0.25) is 20.4 Å². The van der Waals surface area contributed by atoms with Crippen LogP contribution in [0, 0.1) is 10.8 Å². The molecular weight excluding hydrogens is 705 g/mol. The minimum atomic E-state index is -0.598. The van der Waals surface area contributed by atoms with E-state index in [4.69, 9.17) is 20.3 Å². The van der Waals surface area contributed by atoms with Gasteiger partial charge in [0.25, 0.3) is 0 Å². The Morgan fingerprint density at radius 2 is 1.27 bits per heavy atom. The summed E-state index contributed by atoms with van der Waals surface area (Å²) >= 11 is 2.19. The molecule has 1 aromatic heterocycles. The normalized spacial score (nSPS) is 11.3. The predicted octanol–water partition coefficient (Wildman–Crippen LogP) is 6.49. The van der Waals surface area contributed by atoms with Crippen LogP contribution in [0.25, 0.3) is 0 Å². The van der Waals surface area contributed by atoms with Crippen molar-refractivity contribution in [3.05, 3.63) is 75.8 Å². The van der Waals surface area contributed by atoms with Crippen molar-refractivity contribution < 1.29 is 28.7 Å². The van der Waals surface area contributed by atoms with Crippen LogP contribution in [0.15, 0.2) is 48.5 Å². The van der Waals surface area contributed by atoms with Crippen molar-refractivity contribution in [3.8, 4) is 0 Å². The number of carbonyl (C=O) groups excluding carboxylic acids is 4. The molecule has 14 nitrogen and oxygen atoms in total. The van der Waals surface area contributed by atoms with Gasteiger partial charge in [0.1, 0.15) is 16.2 Å². The van der Waals surface area contributed by atoms with E-state index in [1.807, 2.05) is 30.3 Å². The van der Waals surface area contributed by atoms with Crippen LogP contribution in [-0.2, 0) is 51.4 Å². The molecule has 4 amide bonds. The summed E-state index contributed by atoms with van der Waals surface area (Å²) in [6.45, 7) is 11.3. The number of amidine groups is 1. The summed E-state index contributed by atoms with van der Waals surface area (Å²) in [4.78, 5) is 49.0. The lowest BCUT2D eigenvalue weighted by Gasteiger charge is -2.19. The van der Waals surface area contributed by atoms with E-state index in [9.17, 15) is 19.2 Å². The molecule has 0 saturated heterocycles. The van der Waals surface area contributed by atoms with E-state index in [0.717, 1.165) is 45.4 Å². The van der Waals surface area contributed by atoms with Crippen LogP contribution in [0.1, 0.15) is 88.1 Å². The quantitative estimate of drug-likeness (QED) is 0.0604. The van der Waals surface area contributed by atoms with Crippen molar-refractivity contribution >= 4 is 62.4 Å². The average Bonchev–Trinajstić information content (AvgIpc) is 3.46. The highest BCUT2D eigenvalue weighted by Crippen LogP contribution is 2.19. The number of amides is 4. The van der Waals surface area contributed by atoms with Gasteiger partial charge in [0.2, 0.25) is 16.9 Å². The third kappa shape index (κ3) is 17.4. The van der Waals surface area contributed by atoms with E-state index in [1.54, 1.807) is 59.7 Å². The zero-order chi connectivity index (χ0) is 38.3. The number of unbranched alkanes of at least 4 members (excludes halogenated alkanes) is 1. The summed E-state index contributed by atoms with van der Waals surface area (Å²) in [5.41, 5.74) is 1.98. The highest BCUT2D eigenvalue weighted by Gasteiger charge is 2.17. The molecule has 0 unspecified atom stereocenters. The lowest BCUT2D eigenvalue weighted by Crippen LogP contribution is -2.32. The van der Waals surface area contributed by atoms with Gasteiger partial charge < -0.3 is 30.7 Å². The molecule has 16 heteroatoms. The molecule has 2 aromatic carbocycles. The second-order valence-electron chi connectivity index (χ2n) is 13.9. The van der Waals surface area contributed by atoms with Gasteiger partial charge >= 0.3 is 12.2 Å². The number of anilines is 1. The van der Waals surface area contributed by atoms with Crippen LogP contribution >= 0.6 is 23.1 Å². The molecule has 1 heterocycles. The van der Waals surface area contributed by atoms with Crippen molar-refractivity contribution in [3.63, 3.8) is 0 Å². The van der Waals surface area contributed by atoms with Crippen LogP contribution in [0.3, 0.4) is 0 Å². The monoisotopic (exact) mass is 752 g/mol. The van der Waals surface area contributed by atoms with E-state index >= 15 is 0 Å². The SMILES string of the molecule is CC(C)(C)OC(=O)NCc1cccc(CC(=O)NC(=N)SC(=N)CCCCc2nnc(NC(=O)Cc3cccc(CNC(=O)OC(C)(C)C)c3)s2)c1. The van der Waals surface area contributed by atoms with Gasteiger partial charge in [0, 0.05) is 19.5 Å². The number of hydrogen-bond acceptors (Lipinski definition) is 12. The number of alkyl carbamates (subject to hydrolysis) is 2. The summed E-state index contributed by atoms with van der Waals surface area (Å²) in [6, 6.07) is 14.6. The van der Waals surface area contributed by atoms with E-state index in [-0.39, 0.29) is 48.0 Å². The molecule has 52 heavy (non-hydrogen) atoms. The first-order chi connectivity index (χ1) is 24.4. The summed E-state index contributed by atoms with van der Waals surface area (Å²) in [7, 11) is 0. The van der Waals surface area contributed by atoms with Crippen molar-refractivity contribution in [2.24, 2.45) is 0 Å². The molecule has 3 aromatic rings. The third-order valence-corrected chi connectivity index (χ3v) is 8.27. The molecule has 6 N–H and O–H groups in total. The molecular formula is C36H48N8O6S2. The fourth-order valence-corrected chi connectivity index (χ4v) is 6.00.